The van der Waals surface area contributed by atoms with E-state index in [9.17, 15) is 9.59 Å². The molecule has 1 saturated heterocycles. The lowest BCUT2D eigenvalue weighted by molar-refractivity contribution is 0.0845. The molecule has 2 N–H and O–H groups in total. The first-order valence-corrected chi connectivity index (χ1v) is 9.98. The molecule has 144 valence electrons. The average Bonchev–Trinajstić information content (AvgIpc) is 3.31. The summed E-state index contributed by atoms with van der Waals surface area (Å²) in [6, 6.07) is 0. The van der Waals surface area contributed by atoms with Crippen molar-refractivity contribution in [2.45, 2.75) is 70.9 Å². The Morgan fingerprint density at radius 2 is 2.08 bits per heavy atom. The second-order valence-corrected chi connectivity index (χ2v) is 7.15. The maximum Gasteiger partial charge on any atom is 0.287 e. The summed E-state index contributed by atoms with van der Waals surface area (Å²) in [5.41, 5.74) is 1.31. The number of hydrogen-bond donors (Lipinski definition) is 2. The molecule has 26 heavy (non-hydrogen) atoms. The maximum atomic E-state index is 12.6. The Kier molecular flexibility index (Phi) is 6.66. The van der Waals surface area contributed by atoms with Gasteiger partial charge in [-0.2, -0.15) is 0 Å². The highest BCUT2D eigenvalue weighted by atomic mass is 16.5. The van der Waals surface area contributed by atoms with Crippen LogP contribution in [0.1, 0.15) is 78.7 Å². The molecule has 0 spiro atoms. The van der Waals surface area contributed by atoms with Gasteiger partial charge in [0, 0.05) is 26.2 Å². The van der Waals surface area contributed by atoms with Gasteiger partial charge in [-0.3, -0.25) is 9.59 Å². The number of carbonyl (C=O) groups is 2. The Morgan fingerprint density at radius 3 is 2.85 bits per heavy atom. The number of unbranched alkanes of at least 4 members (excludes halogenated alkanes) is 2. The standard InChI is InChI=1S/C19H30N4O3/c1-2-3-5-10-20-18(24)16-15-9-4-6-11-23(15)17(22-16)19(25)21-13-14-8-7-12-26-14/h14H,2-13H2,1H3,(H,20,24)(H,21,25). The molecule has 2 aliphatic heterocycles. The maximum absolute atomic E-state index is 12.6. The normalized spacial score (nSPS) is 19.2. The second-order valence-electron chi connectivity index (χ2n) is 7.15. The van der Waals surface area contributed by atoms with Crippen molar-refractivity contribution in [1.82, 2.24) is 20.2 Å². The molecule has 0 aromatic carbocycles. The van der Waals surface area contributed by atoms with Crippen LogP contribution in [-0.2, 0) is 17.7 Å². The molecule has 1 aromatic rings. The highest BCUT2D eigenvalue weighted by molar-refractivity contribution is 5.97. The third-order valence-corrected chi connectivity index (χ3v) is 5.12. The van der Waals surface area contributed by atoms with Crippen LogP contribution in [0.25, 0.3) is 0 Å². The van der Waals surface area contributed by atoms with Crippen molar-refractivity contribution in [1.29, 1.82) is 0 Å². The first kappa shape index (κ1) is 18.9. The summed E-state index contributed by atoms with van der Waals surface area (Å²) in [5.74, 6) is -0.0185. The van der Waals surface area contributed by atoms with Gasteiger partial charge in [-0.1, -0.05) is 19.8 Å². The molecule has 7 nitrogen and oxygen atoms in total. The fraction of sp³-hybridized carbons (Fsp3) is 0.737. The predicted octanol–water partition coefficient (Wildman–Crippen LogP) is 2.05. The fourth-order valence-corrected chi connectivity index (χ4v) is 3.65. The Morgan fingerprint density at radius 1 is 1.19 bits per heavy atom. The van der Waals surface area contributed by atoms with E-state index in [2.05, 4.69) is 22.5 Å². The largest absolute Gasteiger partial charge is 0.376 e. The van der Waals surface area contributed by atoms with Gasteiger partial charge in [-0.25, -0.2) is 4.98 Å². The summed E-state index contributed by atoms with van der Waals surface area (Å²) in [6.07, 6.45) is 8.12. The molecule has 3 rings (SSSR count). The van der Waals surface area contributed by atoms with Crippen molar-refractivity contribution in [3.8, 4) is 0 Å². The van der Waals surface area contributed by atoms with Crippen LogP contribution < -0.4 is 10.6 Å². The predicted molar refractivity (Wildman–Crippen MR) is 98.3 cm³/mol. The fourth-order valence-electron chi connectivity index (χ4n) is 3.65. The number of aromatic nitrogens is 2. The van der Waals surface area contributed by atoms with Crippen LogP contribution in [0.5, 0.6) is 0 Å². The monoisotopic (exact) mass is 362 g/mol. The van der Waals surface area contributed by atoms with E-state index < -0.39 is 0 Å². The number of carbonyl (C=O) groups excluding carboxylic acids is 2. The topological polar surface area (TPSA) is 85.2 Å². The first-order valence-electron chi connectivity index (χ1n) is 9.98. The van der Waals surface area contributed by atoms with Crippen LogP contribution in [0.3, 0.4) is 0 Å². The summed E-state index contributed by atoms with van der Waals surface area (Å²) < 4.78 is 7.48. The minimum atomic E-state index is -0.214. The summed E-state index contributed by atoms with van der Waals surface area (Å²) in [7, 11) is 0. The number of imidazole rings is 1. The molecule has 1 unspecified atom stereocenters. The molecule has 2 aliphatic rings. The van der Waals surface area contributed by atoms with E-state index in [-0.39, 0.29) is 17.9 Å². The summed E-state index contributed by atoms with van der Waals surface area (Å²) >= 11 is 0. The minimum absolute atomic E-state index is 0.0936. The van der Waals surface area contributed by atoms with Crippen LogP contribution in [0, 0.1) is 0 Å². The van der Waals surface area contributed by atoms with Crippen LogP contribution in [-0.4, -0.2) is 47.2 Å². The molecule has 0 saturated carbocycles. The van der Waals surface area contributed by atoms with Crippen molar-refractivity contribution >= 4 is 11.8 Å². The van der Waals surface area contributed by atoms with Gasteiger partial charge in [0.1, 0.15) is 5.69 Å². The van der Waals surface area contributed by atoms with Crippen molar-refractivity contribution in [3.63, 3.8) is 0 Å². The van der Waals surface area contributed by atoms with Crippen molar-refractivity contribution in [2.75, 3.05) is 19.7 Å². The van der Waals surface area contributed by atoms with E-state index in [4.69, 9.17) is 4.74 Å². The lowest BCUT2D eigenvalue weighted by Gasteiger charge is -2.17. The number of rotatable bonds is 8. The molecular formula is C19H30N4O3. The smallest absolute Gasteiger partial charge is 0.287 e. The zero-order valence-corrected chi connectivity index (χ0v) is 15.7. The van der Waals surface area contributed by atoms with Crippen LogP contribution in [0.4, 0.5) is 0 Å². The SMILES string of the molecule is CCCCCNC(=O)c1nc(C(=O)NCC2CCCO2)n2c1CCCC2. The van der Waals surface area contributed by atoms with Gasteiger partial charge in [-0.05, 0) is 38.5 Å². The molecule has 1 fully saturated rings. The quantitative estimate of drug-likeness (QED) is 0.693. The minimum Gasteiger partial charge on any atom is -0.376 e. The molecule has 7 heteroatoms. The zero-order chi connectivity index (χ0) is 18.4. The number of nitrogens with zero attached hydrogens (tertiary/aromatic N) is 2. The summed E-state index contributed by atoms with van der Waals surface area (Å²) in [4.78, 5) is 29.6. The highest BCUT2D eigenvalue weighted by Gasteiger charge is 2.27. The van der Waals surface area contributed by atoms with E-state index in [0.717, 1.165) is 70.2 Å². The van der Waals surface area contributed by atoms with Gasteiger partial charge in [0.25, 0.3) is 11.8 Å². The number of hydrogen-bond acceptors (Lipinski definition) is 4. The Labute approximate surface area is 154 Å². The van der Waals surface area contributed by atoms with Gasteiger partial charge in [0.15, 0.2) is 5.82 Å². The second kappa shape index (κ2) is 9.16. The molecular weight excluding hydrogens is 332 g/mol. The van der Waals surface area contributed by atoms with Crippen LogP contribution in [0.15, 0.2) is 0 Å². The lowest BCUT2D eigenvalue weighted by atomic mass is 10.1. The van der Waals surface area contributed by atoms with Crippen molar-refractivity contribution < 1.29 is 14.3 Å². The van der Waals surface area contributed by atoms with Crippen LogP contribution in [0.2, 0.25) is 0 Å². The average molecular weight is 362 g/mol. The third kappa shape index (κ3) is 4.44. The molecule has 0 radical (unpaired) electrons. The zero-order valence-electron chi connectivity index (χ0n) is 15.7. The first-order chi connectivity index (χ1) is 12.7. The van der Waals surface area contributed by atoms with E-state index in [1.165, 1.54) is 0 Å². The Balaban J connectivity index is 1.68. The summed E-state index contributed by atoms with van der Waals surface area (Å²) in [5, 5.41) is 5.87. The molecule has 3 heterocycles. The van der Waals surface area contributed by atoms with E-state index in [1.807, 2.05) is 4.57 Å². The number of nitrogens with one attached hydrogen (secondary N) is 2. The number of amides is 2. The lowest BCUT2D eigenvalue weighted by Crippen LogP contribution is -2.34. The van der Waals surface area contributed by atoms with Crippen LogP contribution >= 0.6 is 0 Å². The molecule has 0 bridgehead atoms. The van der Waals surface area contributed by atoms with E-state index in [0.29, 0.717) is 24.6 Å². The number of fused-ring (bicyclic) bond motifs is 1. The molecule has 0 aliphatic carbocycles. The molecule has 1 aromatic heterocycles. The molecule has 1 atom stereocenters. The van der Waals surface area contributed by atoms with Gasteiger partial charge >= 0.3 is 0 Å². The van der Waals surface area contributed by atoms with Crippen molar-refractivity contribution in [2.24, 2.45) is 0 Å². The van der Waals surface area contributed by atoms with Gasteiger partial charge in [0.05, 0.1) is 11.8 Å². The van der Waals surface area contributed by atoms with Gasteiger partial charge < -0.3 is 19.9 Å². The van der Waals surface area contributed by atoms with E-state index >= 15 is 0 Å². The third-order valence-electron chi connectivity index (χ3n) is 5.12. The highest BCUT2D eigenvalue weighted by Crippen LogP contribution is 2.21. The Hall–Kier alpha value is -1.89. The van der Waals surface area contributed by atoms with Gasteiger partial charge in [0.2, 0.25) is 0 Å². The number of ether oxygens (including phenoxy) is 1. The van der Waals surface area contributed by atoms with Crippen molar-refractivity contribution in [3.05, 3.63) is 17.2 Å². The van der Waals surface area contributed by atoms with E-state index in [1.54, 1.807) is 0 Å². The molecule has 2 amide bonds. The summed E-state index contributed by atoms with van der Waals surface area (Å²) in [6.45, 7) is 4.80. The Bertz CT molecular complexity index is 635. The van der Waals surface area contributed by atoms with Gasteiger partial charge in [-0.15, -0.1) is 0 Å².